The maximum Gasteiger partial charge on any atom is 0.0449 e. The topological polar surface area (TPSA) is 38.9 Å². The Bertz CT molecular complexity index is 258. The van der Waals surface area contributed by atoms with Gasteiger partial charge in [-0.05, 0) is 25.0 Å². The van der Waals surface area contributed by atoms with Gasteiger partial charge in [0.05, 0.1) is 0 Å². The molecule has 1 rings (SSSR count). The predicted octanol–water partition coefficient (Wildman–Crippen LogP) is 3.09. The van der Waals surface area contributed by atoms with Crippen LogP contribution in [0.2, 0.25) is 0 Å². The molecular weight excluding hydrogens is 184 g/mol. The Kier molecular flexibility index (Phi) is 5.33. The summed E-state index contributed by atoms with van der Waals surface area (Å²) in [6.45, 7) is 4.39. The van der Waals surface area contributed by atoms with Crippen molar-refractivity contribution in [3.05, 3.63) is 30.1 Å². The van der Waals surface area contributed by atoms with Crippen LogP contribution in [0.4, 0.5) is 0 Å². The minimum atomic E-state index is 0.254. The number of aromatic nitrogens is 1. The smallest absolute Gasteiger partial charge is 0.0449 e. The molecule has 0 fully saturated rings. The first-order valence-electron chi connectivity index (χ1n) is 5.96. The Morgan fingerprint density at radius 1 is 1.33 bits per heavy atom. The van der Waals surface area contributed by atoms with Gasteiger partial charge in [0.1, 0.15) is 0 Å². The lowest BCUT2D eigenvalue weighted by Crippen LogP contribution is -2.28. The van der Waals surface area contributed by atoms with Crippen molar-refractivity contribution in [3.8, 4) is 0 Å². The first-order valence-corrected chi connectivity index (χ1v) is 5.96. The molecule has 2 N–H and O–H groups in total. The molecule has 2 unspecified atom stereocenters. The first-order chi connectivity index (χ1) is 7.29. The molecule has 0 amide bonds. The quantitative estimate of drug-likeness (QED) is 0.776. The Morgan fingerprint density at radius 2 is 2.13 bits per heavy atom. The zero-order valence-electron chi connectivity index (χ0n) is 9.82. The number of hydrogen-bond acceptors (Lipinski definition) is 2. The molecule has 1 heterocycles. The summed E-state index contributed by atoms with van der Waals surface area (Å²) in [5, 5.41) is 0. The van der Waals surface area contributed by atoms with Crippen molar-refractivity contribution in [2.45, 2.75) is 51.5 Å². The normalized spacial score (nSPS) is 14.9. The summed E-state index contributed by atoms with van der Waals surface area (Å²) in [5.74, 6) is 0.415. The van der Waals surface area contributed by atoms with Gasteiger partial charge in [-0.3, -0.25) is 4.98 Å². The van der Waals surface area contributed by atoms with Crippen LogP contribution in [0.3, 0.4) is 0 Å². The van der Waals surface area contributed by atoms with Crippen LogP contribution in [0.5, 0.6) is 0 Å². The number of pyridine rings is 1. The van der Waals surface area contributed by atoms with Gasteiger partial charge in [-0.15, -0.1) is 0 Å². The monoisotopic (exact) mass is 206 g/mol. The highest BCUT2D eigenvalue weighted by Crippen LogP contribution is 2.22. The molecule has 84 valence electrons. The second kappa shape index (κ2) is 6.57. The molecule has 0 spiro atoms. The van der Waals surface area contributed by atoms with Gasteiger partial charge in [0.25, 0.3) is 0 Å². The summed E-state index contributed by atoms with van der Waals surface area (Å²) in [6, 6.07) is 6.33. The van der Waals surface area contributed by atoms with Crippen molar-refractivity contribution < 1.29 is 0 Å². The molecule has 1 aromatic heterocycles. The molecule has 1 aromatic rings. The van der Waals surface area contributed by atoms with Gasteiger partial charge < -0.3 is 5.73 Å². The molecule has 0 saturated heterocycles. The SMILES string of the molecule is CCCCC(N)C(CC)c1ccccn1. The van der Waals surface area contributed by atoms with Crippen LogP contribution in [0.15, 0.2) is 24.4 Å². The van der Waals surface area contributed by atoms with E-state index in [1.54, 1.807) is 0 Å². The zero-order chi connectivity index (χ0) is 11.1. The molecular formula is C13H22N2. The fourth-order valence-corrected chi connectivity index (χ4v) is 1.97. The van der Waals surface area contributed by atoms with Crippen molar-refractivity contribution in [2.75, 3.05) is 0 Å². The second-order valence-electron chi connectivity index (χ2n) is 4.08. The molecule has 0 saturated carbocycles. The summed E-state index contributed by atoms with van der Waals surface area (Å²) in [6.07, 6.45) is 6.45. The first kappa shape index (κ1) is 12.2. The second-order valence-corrected chi connectivity index (χ2v) is 4.08. The Balaban J connectivity index is 2.63. The van der Waals surface area contributed by atoms with E-state index in [1.165, 1.54) is 12.8 Å². The lowest BCUT2D eigenvalue weighted by Gasteiger charge is -2.21. The molecule has 0 aliphatic carbocycles. The molecule has 0 radical (unpaired) electrons. The van der Waals surface area contributed by atoms with E-state index in [9.17, 15) is 0 Å². The van der Waals surface area contributed by atoms with Crippen LogP contribution in [0, 0.1) is 0 Å². The van der Waals surface area contributed by atoms with E-state index in [0.29, 0.717) is 5.92 Å². The third kappa shape index (κ3) is 3.63. The minimum absolute atomic E-state index is 0.254. The molecule has 0 aliphatic heterocycles. The van der Waals surface area contributed by atoms with E-state index < -0.39 is 0 Å². The van der Waals surface area contributed by atoms with E-state index in [-0.39, 0.29) is 6.04 Å². The average Bonchev–Trinajstić information content (AvgIpc) is 2.29. The fraction of sp³-hybridized carbons (Fsp3) is 0.615. The van der Waals surface area contributed by atoms with Crippen LogP contribution in [0.1, 0.15) is 51.1 Å². The standard InChI is InChI=1S/C13H22N2/c1-3-5-8-12(14)11(4-2)13-9-6-7-10-15-13/h6-7,9-12H,3-5,8,14H2,1-2H3. The van der Waals surface area contributed by atoms with Crippen LogP contribution in [-0.4, -0.2) is 11.0 Å². The summed E-state index contributed by atoms with van der Waals surface area (Å²) >= 11 is 0. The number of hydrogen-bond donors (Lipinski definition) is 1. The molecule has 2 heteroatoms. The highest BCUT2D eigenvalue weighted by atomic mass is 14.7. The molecule has 2 atom stereocenters. The van der Waals surface area contributed by atoms with E-state index in [0.717, 1.165) is 18.5 Å². The van der Waals surface area contributed by atoms with Crippen LogP contribution in [-0.2, 0) is 0 Å². The van der Waals surface area contributed by atoms with E-state index in [4.69, 9.17) is 5.73 Å². The maximum absolute atomic E-state index is 6.21. The third-order valence-electron chi connectivity index (χ3n) is 2.92. The zero-order valence-corrected chi connectivity index (χ0v) is 9.82. The minimum Gasteiger partial charge on any atom is -0.327 e. The Labute approximate surface area is 92.9 Å². The largest absolute Gasteiger partial charge is 0.327 e. The van der Waals surface area contributed by atoms with Crippen molar-refractivity contribution in [1.29, 1.82) is 0 Å². The molecule has 0 bridgehead atoms. The summed E-state index contributed by atoms with van der Waals surface area (Å²) in [7, 11) is 0. The third-order valence-corrected chi connectivity index (χ3v) is 2.92. The van der Waals surface area contributed by atoms with Gasteiger partial charge >= 0.3 is 0 Å². The molecule has 2 nitrogen and oxygen atoms in total. The van der Waals surface area contributed by atoms with Crippen molar-refractivity contribution in [2.24, 2.45) is 5.73 Å². The summed E-state index contributed by atoms with van der Waals surface area (Å²) < 4.78 is 0. The van der Waals surface area contributed by atoms with Gasteiger partial charge in [-0.25, -0.2) is 0 Å². The van der Waals surface area contributed by atoms with Gasteiger partial charge in [0.15, 0.2) is 0 Å². The lowest BCUT2D eigenvalue weighted by molar-refractivity contribution is 0.464. The van der Waals surface area contributed by atoms with Crippen LogP contribution >= 0.6 is 0 Å². The van der Waals surface area contributed by atoms with Gasteiger partial charge in [-0.2, -0.15) is 0 Å². The number of unbranched alkanes of at least 4 members (excludes halogenated alkanes) is 1. The number of nitrogens with two attached hydrogens (primary N) is 1. The van der Waals surface area contributed by atoms with Crippen LogP contribution < -0.4 is 5.73 Å². The highest BCUT2D eigenvalue weighted by Gasteiger charge is 2.18. The van der Waals surface area contributed by atoms with E-state index in [1.807, 2.05) is 18.3 Å². The van der Waals surface area contributed by atoms with Gasteiger partial charge in [0, 0.05) is 23.9 Å². The van der Waals surface area contributed by atoms with Gasteiger partial charge in [-0.1, -0.05) is 32.8 Å². The Morgan fingerprint density at radius 3 is 2.67 bits per heavy atom. The molecule has 0 aromatic carbocycles. The molecule has 15 heavy (non-hydrogen) atoms. The number of nitrogens with zero attached hydrogens (tertiary/aromatic N) is 1. The Hall–Kier alpha value is -0.890. The van der Waals surface area contributed by atoms with Crippen LogP contribution in [0.25, 0.3) is 0 Å². The summed E-state index contributed by atoms with van der Waals surface area (Å²) in [4.78, 5) is 4.40. The highest BCUT2D eigenvalue weighted by molar-refractivity contribution is 5.11. The van der Waals surface area contributed by atoms with Crippen molar-refractivity contribution in [1.82, 2.24) is 4.98 Å². The maximum atomic E-state index is 6.21. The lowest BCUT2D eigenvalue weighted by atomic mass is 9.90. The van der Waals surface area contributed by atoms with Crippen molar-refractivity contribution >= 4 is 0 Å². The predicted molar refractivity (Wildman–Crippen MR) is 64.8 cm³/mol. The summed E-state index contributed by atoms with van der Waals surface area (Å²) in [5.41, 5.74) is 7.35. The molecule has 0 aliphatic rings. The number of rotatable bonds is 6. The van der Waals surface area contributed by atoms with Crippen molar-refractivity contribution in [3.63, 3.8) is 0 Å². The average molecular weight is 206 g/mol. The fourth-order valence-electron chi connectivity index (χ4n) is 1.97. The van der Waals surface area contributed by atoms with Gasteiger partial charge in [0.2, 0.25) is 0 Å². The van der Waals surface area contributed by atoms with E-state index in [2.05, 4.69) is 24.9 Å². The van der Waals surface area contributed by atoms with E-state index >= 15 is 0 Å².